The Bertz CT molecular complexity index is 1040. The van der Waals surface area contributed by atoms with Gasteiger partial charge in [-0.2, -0.15) is 0 Å². The topological polar surface area (TPSA) is 76.9 Å². The summed E-state index contributed by atoms with van der Waals surface area (Å²) in [6, 6.07) is 14.6. The number of carbonyl (C=O) groups excluding carboxylic acids is 2. The van der Waals surface area contributed by atoms with Crippen LogP contribution in [0.25, 0.3) is 11.8 Å². The van der Waals surface area contributed by atoms with E-state index in [-0.39, 0.29) is 17.1 Å². The number of carbonyl (C=O) groups is 2. The molecule has 29 heavy (non-hydrogen) atoms. The van der Waals surface area contributed by atoms with Crippen molar-refractivity contribution in [1.82, 2.24) is 15.0 Å². The Morgan fingerprint density at radius 1 is 1.00 bits per heavy atom. The summed E-state index contributed by atoms with van der Waals surface area (Å²) in [5.41, 5.74) is 3.97. The fourth-order valence-electron chi connectivity index (χ4n) is 2.85. The number of rotatable bonds is 5. The van der Waals surface area contributed by atoms with Gasteiger partial charge in [-0.1, -0.05) is 44.2 Å². The molecule has 0 saturated heterocycles. The Labute approximate surface area is 170 Å². The number of aromatic nitrogens is 3. The highest BCUT2D eigenvalue weighted by Gasteiger charge is 2.20. The number of nitrogens with zero attached hydrogens (tertiary/aromatic N) is 3. The molecule has 3 aromatic rings. The third kappa shape index (κ3) is 5.04. The van der Waals surface area contributed by atoms with Gasteiger partial charge >= 0.3 is 0 Å². The van der Waals surface area contributed by atoms with E-state index in [1.165, 1.54) is 6.92 Å². The normalized spacial score (nSPS) is 11.6. The summed E-state index contributed by atoms with van der Waals surface area (Å²) in [5, 5.41) is 10.9. The molecule has 1 aromatic heterocycles. The van der Waals surface area contributed by atoms with E-state index in [1.807, 2.05) is 24.3 Å². The lowest BCUT2D eigenvalue weighted by Gasteiger charge is -2.19. The van der Waals surface area contributed by atoms with E-state index in [4.69, 9.17) is 0 Å². The molecule has 2 aromatic carbocycles. The first-order valence-electron chi connectivity index (χ1n) is 9.36. The van der Waals surface area contributed by atoms with Gasteiger partial charge in [-0.05, 0) is 48.0 Å². The van der Waals surface area contributed by atoms with Crippen LogP contribution in [-0.4, -0.2) is 26.7 Å². The van der Waals surface area contributed by atoms with Crippen LogP contribution in [0.2, 0.25) is 0 Å². The number of hydrogen-bond acceptors (Lipinski definition) is 4. The number of benzene rings is 2. The number of allylic oxidation sites excluding steroid dienone is 1. The monoisotopic (exact) mass is 388 g/mol. The number of nitrogens with one attached hydrogen (secondary N) is 1. The van der Waals surface area contributed by atoms with Gasteiger partial charge in [0, 0.05) is 23.6 Å². The second-order valence-corrected chi connectivity index (χ2v) is 7.83. The lowest BCUT2D eigenvalue weighted by Crippen LogP contribution is -2.17. The van der Waals surface area contributed by atoms with Crippen LogP contribution in [-0.2, 0) is 10.2 Å². The lowest BCUT2D eigenvalue weighted by atomic mass is 9.92. The maximum absolute atomic E-state index is 12.5. The Morgan fingerprint density at radius 2 is 1.66 bits per heavy atom. The SMILES string of the molecule is CC(=O)Nc1ccc(/C=C\C(=O)c2ccc(-n3nncc3C(C)(C)C)cc2)cc1. The fourth-order valence-corrected chi connectivity index (χ4v) is 2.85. The second-order valence-electron chi connectivity index (χ2n) is 7.83. The van der Waals surface area contributed by atoms with Crippen molar-refractivity contribution in [3.8, 4) is 5.69 Å². The molecule has 6 nitrogen and oxygen atoms in total. The van der Waals surface area contributed by atoms with Crippen LogP contribution in [0, 0.1) is 0 Å². The molecule has 0 aliphatic rings. The zero-order valence-corrected chi connectivity index (χ0v) is 17.0. The molecule has 0 aliphatic heterocycles. The first-order chi connectivity index (χ1) is 13.7. The molecule has 1 heterocycles. The van der Waals surface area contributed by atoms with E-state index in [9.17, 15) is 9.59 Å². The molecule has 0 fully saturated rings. The molecular formula is C23H24N4O2. The minimum absolute atomic E-state index is 0.0860. The Balaban J connectivity index is 1.72. The molecular weight excluding hydrogens is 364 g/mol. The summed E-state index contributed by atoms with van der Waals surface area (Å²) < 4.78 is 1.79. The van der Waals surface area contributed by atoms with Gasteiger partial charge in [0.1, 0.15) is 0 Å². The Kier molecular flexibility index (Phi) is 5.73. The first kappa shape index (κ1) is 20.2. The summed E-state index contributed by atoms with van der Waals surface area (Å²) >= 11 is 0. The van der Waals surface area contributed by atoms with Crippen LogP contribution >= 0.6 is 0 Å². The van der Waals surface area contributed by atoms with Gasteiger partial charge in [-0.25, -0.2) is 4.68 Å². The summed E-state index contributed by atoms with van der Waals surface area (Å²) in [5.74, 6) is -0.204. The van der Waals surface area contributed by atoms with Crippen LogP contribution in [0.5, 0.6) is 0 Å². The average molecular weight is 388 g/mol. The van der Waals surface area contributed by atoms with Crippen LogP contribution < -0.4 is 5.32 Å². The van der Waals surface area contributed by atoms with Gasteiger partial charge in [0.05, 0.1) is 17.6 Å². The van der Waals surface area contributed by atoms with Crippen LogP contribution in [0.15, 0.2) is 60.8 Å². The van der Waals surface area contributed by atoms with Crippen molar-refractivity contribution in [3.05, 3.63) is 77.6 Å². The van der Waals surface area contributed by atoms with Crippen molar-refractivity contribution < 1.29 is 9.59 Å². The van der Waals surface area contributed by atoms with E-state index >= 15 is 0 Å². The molecule has 0 atom stereocenters. The van der Waals surface area contributed by atoms with E-state index in [2.05, 4.69) is 36.4 Å². The van der Waals surface area contributed by atoms with Crippen molar-refractivity contribution in [2.75, 3.05) is 5.32 Å². The number of anilines is 1. The highest BCUT2D eigenvalue weighted by atomic mass is 16.1. The van der Waals surface area contributed by atoms with E-state index < -0.39 is 0 Å². The first-order valence-corrected chi connectivity index (χ1v) is 9.36. The van der Waals surface area contributed by atoms with E-state index in [1.54, 1.807) is 47.3 Å². The lowest BCUT2D eigenvalue weighted by molar-refractivity contribution is -0.114. The smallest absolute Gasteiger partial charge is 0.221 e. The molecule has 0 radical (unpaired) electrons. The summed E-state index contributed by atoms with van der Waals surface area (Å²) in [7, 11) is 0. The number of amides is 1. The average Bonchev–Trinajstić information content (AvgIpc) is 3.17. The molecule has 0 saturated carbocycles. The van der Waals surface area contributed by atoms with Gasteiger partial charge in [0.25, 0.3) is 0 Å². The zero-order chi connectivity index (χ0) is 21.0. The molecule has 1 N–H and O–H groups in total. The highest BCUT2D eigenvalue weighted by Crippen LogP contribution is 2.23. The fraction of sp³-hybridized carbons (Fsp3) is 0.217. The van der Waals surface area contributed by atoms with Crippen LogP contribution in [0.1, 0.15) is 49.3 Å². The molecule has 0 unspecified atom stereocenters. The third-order valence-corrected chi connectivity index (χ3v) is 4.37. The van der Waals surface area contributed by atoms with Crippen molar-refractivity contribution in [1.29, 1.82) is 0 Å². The summed E-state index contributed by atoms with van der Waals surface area (Å²) in [6.07, 6.45) is 5.06. The van der Waals surface area contributed by atoms with Gasteiger partial charge in [-0.3, -0.25) is 9.59 Å². The third-order valence-electron chi connectivity index (χ3n) is 4.37. The predicted octanol–water partition coefficient (Wildman–Crippen LogP) is 4.42. The van der Waals surface area contributed by atoms with Crippen molar-refractivity contribution in [2.45, 2.75) is 33.1 Å². The Morgan fingerprint density at radius 3 is 2.24 bits per heavy atom. The molecule has 148 valence electrons. The quantitative estimate of drug-likeness (QED) is 0.518. The highest BCUT2D eigenvalue weighted by molar-refractivity contribution is 6.06. The minimum Gasteiger partial charge on any atom is -0.326 e. The van der Waals surface area contributed by atoms with E-state index in [0.717, 1.165) is 22.6 Å². The van der Waals surface area contributed by atoms with Gasteiger partial charge in [-0.15, -0.1) is 5.10 Å². The molecule has 3 rings (SSSR count). The predicted molar refractivity (Wildman–Crippen MR) is 114 cm³/mol. The molecule has 0 spiro atoms. The van der Waals surface area contributed by atoms with Gasteiger partial charge in [0.2, 0.25) is 5.91 Å². The zero-order valence-electron chi connectivity index (χ0n) is 17.0. The molecule has 0 aliphatic carbocycles. The second kappa shape index (κ2) is 8.22. The van der Waals surface area contributed by atoms with Crippen molar-refractivity contribution in [3.63, 3.8) is 0 Å². The van der Waals surface area contributed by atoms with Gasteiger partial charge < -0.3 is 5.32 Å². The molecule has 6 heteroatoms. The summed E-state index contributed by atoms with van der Waals surface area (Å²) in [6.45, 7) is 7.78. The molecule has 0 bridgehead atoms. The molecule has 1 amide bonds. The number of hydrogen-bond donors (Lipinski definition) is 1. The standard InChI is InChI=1S/C23H24N4O2/c1-16(28)25-19-10-5-17(6-11-19)7-14-21(29)18-8-12-20(13-9-18)27-22(15-24-26-27)23(2,3)4/h5-15H,1-4H3,(H,25,28)/b14-7-. The Hall–Kier alpha value is -3.54. The summed E-state index contributed by atoms with van der Waals surface area (Å²) in [4.78, 5) is 23.5. The van der Waals surface area contributed by atoms with Crippen molar-refractivity contribution >= 4 is 23.5 Å². The van der Waals surface area contributed by atoms with Gasteiger partial charge in [0.15, 0.2) is 5.78 Å². The van der Waals surface area contributed by atoms with Crippen LogP contribution in [0.4, 0.5) is 5.69 Å². The number of ketones is 1. The largest absolute Gasteiger partial charge is 0.326 e. The van der Waals surface area contributed by atoms with Crippen LogP contribution in [0.3, 0.4) is 0 Å². The van der Waals surface area contributed by atoms with E-state index in [0.29, 0.717) is 5.56 Å². The minimum atomic E-state index is -0.118. The van der Waals surface area contributed by atoms with Crippen molar-refractivity contribution in [2.24, 2.45) is 0 Å². The maximum Gasteiger partial charge on any atom is 0.221 e. The maximum atomic E-state index is 12.5.